The summed E-state index contributed by atoms with van der Waals surface area (Å²) in [6, 6.07) is 16.1. The molecule has 0 bridgehead atoms. The molecule has 1 N–H and O–H groups in total. The lowest BCUT2D eigenvalue weighted by atomic mass is 9.96. The molecule has 4 rings (SSSR count). The third kappa shape index (κ3) is 2.50. The van der Waals surface area contributed by atoms with Crippen LogP contribution in [0.15, 0.2) is 48.5 Å². The summed E-state index contributed by atoms with van der Waals surface area (Å²) < 4.78 is 2.24. The largest absolute Gasteiger partial charge is 0.328 e. The number of aromatic nitrogens is 2. The quantitative estimate of drug-likeness (QED) is 0.787. The summed E-state index contributed by atoms with van der Waals surface area (Å²) in [7, 11) is 0. The van der Waals surface area contributed by atoms with E-state index in [1.165, 1.54) is 5.52 Å². The van der Waals surface area contributed by atoms with Crippen LogP contribution in [0.3, 0.4) is 0 Å². The van der Waals surface area contributed by atoms with E-state index in [-0.39, 0.29) is 11.8 Å². The van der Waals surface area contributed by atoms with Crippen molar-refractivity contribution in [3.63, 3.8) is 0 Å². The molecule has 1 aliphatic rings. The van der Waals surface area contributed by atoms with Crippen molar-refractivity contribution in [1.29, 1.82) is 0 Å². The first-order valence-electron chi connectivity index (χ1n) is 8.03. The average molecular weight is 305 g/mol. The second-order valence-corrected chi connectivity index (χ2v) is 6.16. The van der Waals surface area contributed by atoms with Crippen LogP contribution in [0.25, 0.3) is 11.0 Å². The summed E-state index contributed by atoms with van der Waals surface area (Å²) in [4.78, 5) is 17.3. The molecule has 3 aromatic rings. The highest BCUT2D eigenvalue weighted by Gasteiger charge is 2.27. The van der Waals surface area contributed by atoms with Crippen LogP contribution in [-0.2, 0) is 17.8 Å². The minimum Gasteiger partial charge on any atom is -0.328 e. The Kier molecular flexibility index (Phi) is 3.37. The molecule has 0 saturated heterocycles. The lowest BCUT2D eigenvalue weighted by molar-refractivity contribution is -0.120. The fourth-order valence-corrected chi connectivity index (χ4v) is 3.31. The molecular weight excluding hydrogens is 286 g/mol. The van der Waals surface area contributed by atoms with Crippen LogP contribution in [0.2, 0.25) is 0 Å². The molecule has 4 heteroatoms. The van der Waals surface area contributed by atoms with Crippen molar-refractivity contribution in [3.05, 3.63) is 59.9 Å². The van der Waals surface area contributed by atoms with Gasteiger partial charge in [0, 0.05) is 24.6 Å². The highest BCUT2D eigenvalue weighted by atomic mass is 16.1. The molecule has 2 aromatic carbocycles. The van der Waals surface area contributed by atoms with Crippen molar-refractivity contribution in [3.8, 4) is 0 Å². The average Bonchev–Trinajstić information content (AvgIpc) is 2.94. The first-order chi connectivity index (χ1) is 11.2. The van der Waals surface area contributed by atoms with Gasteiger partial charge in [-0.05, 0) is 37.1 Å². The molecular formula is C19H19N3O. The number of para-hydroxylation sites is 3. The zero-order valence-corrected chi connectivity index (χ0v) is 13.1. The van der Waals surface area contributed by atoms with Crippen LogP contribution >= 0.6 is 0 Å². The maximum absolute atomic E-state index is 12.6. The summed E-state index contributed by atoms with van der Waals surface area (Å²) in [6.07, 6.45) is 1.55. The molecule has 1 atom stereocenters. The predicted molar refractivity (Wildman–Crippen MR) is 91.4 cm³/mol. The molecule has 1 amide bonds. The van der Waals surface area contributed by atoms with E-state index < -0.39 is 0 Å². The van der Waals surface area contributed by atoms with E-state index in [1.54, 1.807) is 0 Å². The summed E-state index contributed by atoms with van der Waals surface area (Å²) in [5, 5.41) is 3.07. The third-order valence-corrected chi connectivity index (χ3v) is 4.64. The Morgan fingerprint density at radius 3 is 2.83 bits per heavy atom. The lowest BCUT2D eigenvalue weighted by Gasteiger charge is -2.23. The molecule has 2 heterocycles. The number of carbonyl (C=O) groups is 1. The van der Waals surface area contributed by atoms with Crippen molar-refractivity contribution in [2.24, 2.45) is 5.92 Å². The molecule has 0 radical (unpaired) electrons. The van der Waals surface area contributed by atoms with Gasteiger partial charge in [0.25, 0.3) is 0 Å². The van der Waals surface area contributed by atoms with Crippen LogP contribution in [0.5, 0.6) is 0 Å². The van der Waals surface area contributed by atoms with Crippen molar-refractivity contribution in [1.82, 2.24) is 9.55 Å². The van der Waals surface area contributed by atoms with Crippen molar-refractivity contribution in [2.45, 2.75) is 26.3 Å². The van der Waals surface area contributed by atoms with E-state index in [4.69, 9.17) is 4.98 Å². The van der Waals surface area contributed by atoms with E-state index in [1.807, 2.05) is 49.4 Å². The Labute approximate surface area is 135 Å². The van der Waals surface area contributed by atoms with Gasteiger partial charge in [-0.25, -0.2) is 4.98 Å². The smallest absolute Gasteiger partial charge is 0.228 e. The van der Waals surface area contributed by atoms with Crippen LogP contribution < -0.4 is 5.32 Å². The number of anilines is 1. The molecule has 4 nitrogen and oxygen atoms in total. The fourth-order valence-electron chi connectivity index (χ4n) is 3.31. The Bertz CT molecular complexity index is 881. The number of nitrogens with zero attached hydrogens (tertiary/aromatic N) is 2. The van der Waals surface area contributed by atoms with Gasteiger partial charge in [0.1, 0.15) is 5.82 Å². The van der Waals surface area contributed by atoms with Gasteiger partial charge in [0.2, 0.25) is 5.91 Å². The zero-order valence-electron chi connectivity index (χ0n) is 13.1. The van der Waals surface area contributed by atoms with Gasteiger partial charge >= 0.3 is 0 Å². The van der Waals surface area contributed by atoms with Crippen molar-refractivity contribution >= 4 is 22.6 Å². The molecule has 0 fully saturated rings. The fraction of sp³-hybridized carbons (Fsp3) is 0.263. The molecule has 0 unspecified atom stereocenters. The Balaban J connectivity index is 1.56. The Morgan fingerprint density at radius 2 is 1.96 bits per heavy atom. The topological polar surface area (TPSA) is 46.9 Å². The predicted octanol–water partition coefficient (Wildman–Crippen LogP) is 3.55. The Morgan fingerprint density at radius 1 is 1.17 bits per heavy atom. The highest BCUT2D eigenvalue weighted by Crippen LogP contribution is 2.26. The third-order valence-electron chi connectivity index (χ3n) is 4.64. The van der Waals surface area contributed by atoms with E-state index in [0.29, 0.717) is 6.42 Å². The molecule has 1 aliphatic heterocycles. The van der Waals surface area contributed by atoms with Gasteiger partial charge < -0.3 is 9.88 Å². The number of rotatable bonds is 2. The van der Waals surface area contributed by atoms with Crippen LogP contribution in [0, 0.1) is 12.8 Å². The van der Waals surface area contributed by atoms with E-state index in [2.05, 4.69) is 16.0 Å². The van der Waals surface area contributed by atoms with Gasteiger partial charge in [-0.1, -0.05) is 30.3 Å². The number of amides is 1. The lowest BCUT2D eigenvalue weighted by Crippen LogP contribution is -2.30. The summed E-state index contributed by atoms with van der Waals surface area (Å²) >= 11 is 0. The monoisotopic (exact) mass is 305 g/mol. The van der Waals surface area contributed by atoms with Crippen molar-refractivity contribution < 1.29 is 4.79 Å². The number of imidazole rings is 1. The molecule has 23 heavy (non-hydrogen) atoms. The molecule has 0 aliphatic carbocycles. The minimum atomic E-state index is -0.0149. The van der Waals surface area contributed by atoms with Gasteiger partial charge in [-0.15, -0.1) is 0 Å². The number of hydrogen-bond donors (Lipinski definition) is 1. The SMILES string of the molecule is Cc1ccccc1NC(=O)[C@@H]1CCn2c(nc3ccccc32)C1. The number of hydrogen-bond acceptors (Lipinski definition) is 2. The normalized spacial score (nSPS) is 17.0. The highest BCUT2D eigenvalue weighted by molar-refractivity contribution is 5.93. The van der Waals surface area contributed by atoms with Gasteiger partial charge in [-0.2, -0.15) is 0 Å². The van der Waals surface area contributed by atoms with Crippen molar-refractivity contribution in [2.75, 3.05) is 5.32 Å². The van der Waals surface area contributed by atoms with Crippen LogP contribution in [0.1, 0.15) is 17.8 Å². The van der Waals surface area contributed by atoms with Gasteiger partial charge in [0.15, 0.2) is 0 Å². The van der Waals surface area contributed by atoms with Gasteiger partial charge in [-0.3, -0.25) is 4.79 Å². The van der Waals surface area contributed by atoms with Gasteiger partial charge in [0.05, 0.1) is 11.0 Å². The molecule has 0 saturated carbocycles. The first kappa shape index (κ1) is 14.0. The number of nitrogens with one attached hydrogen (secondary N) is 1. The second kappa shape index (κ2) is 5.54. The maximum Gasteiger partial charge on any atom is 0.228 e. The number of fused-ring (bicyclic) bond motifs is 3. The van der Waals surface area contributed by atoms with Crippen LogP contribution in [0.4, 0.5) is 5.69 Å². The van der Waals surface area contributed by atoms with E-state index in [9.17, 15) is 4.79 Å². The summed E-state index contributed by atoms with van der Waals surface area (Å²) in [5.74, 6) is 1.10. The molecule has 1 aromatic heterocycles. The minimum absolute atomic E-state index is 0.0149. The molecule has 116 valence electrons. The standard InChI is InChI=1S/C19H19N3O/c1-13-6-2-3-7-15(13)21-19(23)14-10-11-22-17-9-5-4-8-16(17)20-18(22)12-14/h2-9,14H,10-12H2,1H3,(H,21,23)/t14-/m1/s1. The molecule has 0 spiro atoms. The first-order valence-corrected chi connectivity index (χ1v) is 8.03. The maximum atomic E-state index is 12.6. The Hall–Kier alpha value is -2.62. The number of benzene rings is 2. The van der Waals surface area contributed by atoms with Crippen LogP contribution in [-0.4, -0.2) is 15.5 Å². The summed E-state index contributed by atoms with van der Waals surface area (Å²) in [5.41, 5.74) is 4.17. The summed E-state index contributed by atoms with van der Waals surface area (Å²) in [6.45, 7) is 2.86. The number of aryl methyl sites for hydroxylation is 2. The zero-order chi connectivity index (χ0) is 15.8. The second-order valence-electron chi connectivity index (χ2n) is 6.16. The van der Waals surface area contributed by atoms with E-state index in [0.717, 1.165) is 35.6 Å². The number of carbonyl (C=O) groups excluding carboxylic acids is 1. The van der Waals surface area contributed by atoms with E-state index >= 15 is 0 Å².